The van der Waals surface area contributed by atoms with Gasteiger partial charge in [-0.25, -0.2) is 0 Å². The van der Waals surface area contributed by atoms with Crippen molar-refractivity contribution in [2.24, 2.45) is 5.10 Å². The third-order valence-electron chi connectivity index (χ3n) is 3.14. The Hall–Kier alpha value is -2.80. The number of para-hydroxylation sites is 1. The average molecular weight is 345 g/mol. The van der Waals surface area contributed by atoms with Crippen LogP contribution < -0.4 is 25.0 Å². The quantitative estimate of drug-likeness (QED) is 0.477. The number of hydrogen-bond donors (Lipinski definition) is 2. The maximum atomic E-state index is 5.34. The molecule has 0 atom stereocenters. The zero-order valence-corrected chi connectivity index (χ0v) is 14.5. The monoisotopic (exact) mass is 345 g/mol. The first-order valence-electron chi connectivity index (χ1n) is 7.13. The van der Waals surface area contributed by atoms with Crippen molar-refractivity contribution >= 4 is 29.2 Å². The van der Waals surface area contributed by atoms with Crippen molar-refractivity contribution in [2.45, 2.75) is 0 Å². The van der Waals surface area contributed by atoms with Crippen LogP contribution in [0.2, 0.25) is 0 Å². The van der Waals surface area contributed by atoms with Crippen molar-refractivity contribution in [3.8, 4) is 17.2 Å². The van der Waals surface area contributed by atoms with E-state index in [1.807, 2.05) is 30.3 Å². The Morgan fingerprint density at radius 2 is 1.58 bits per heavy atom. The second kappa shape index (κ2) is 8.73. The second-order valence-corrected chi connectivity index (χ2v) is 5.05. The van der Waals surface area contributed by atoms with Gasteiger partial charge in [-0.1, -0.05) is 18.2 Å². The van der Waals surface area contributed by atoms with Gasteiger partial charge in [0.2, 0.25) is 0 Å². The first kappa shape index (κ1) is 17.6. The molecule has 6 nitrogen and oxygen atoms in total. The minimum atomic E-state index is 0.386. The lowest BCUT2D eigenvalue weighted by Crippen LogP contribution is -2.23. The van der Waals surface area contributed by atoms with Crippen LogP contribution in [0.5, 0.6) is 17.2 Å². The van der Waals surface area contributed by atoms with Crippen LogP contribution in [0.3, 0.4) is 0 Å². The molecule has 2 aromatic carbocycles. The summed E-state index contributed by atoms with van der Waals surface area (Å²) < 4.78 is 15.9. The van der Waals surface area contributed by atoms with Gasteiger partial charge in [-0.3, -0.25) is 5.43 Å². The highest BCUT2D eigenvalue weighted by molar-refractivity contribution is 7.80. The predicted molar refractivity (Wildman–Crippen MR) is 99.5 cm³/mol. The van der Waals surface area contributed by atoms with E-state index >= 15 is 0 Å². The van der Waals surface area contributed by atoms with Crippen LogP contribution in [0.15, 0.2) is 47.6 Å². The zero-order chi connectivity index (χ0) is 17.4. The van der Waals surface area contributed by atoms with E-state index in [0.717, 1.165) is 11.3 Å². The fourth-order valence-corrected chi connectivity index (χ4v) is 2.17. The van der Waals surface area contributed by atoms with Crippen molar-refractivity contribution in [2.75, 3.05) is 26.6 Å². The summed E-state index contributed by atoms with van der Waals surface area (Å²) in [7, 11) is 4.72. The predicted octanol–water partition coefficient (Wildman–Crippen LogP) is 3.03. The maximum Gasteiger partial charge on any atom is 0.191 e. The lowest BCUT2D eigenvalue weighted by atomic mass is 10.2. The third kappa shape index (κ3) is 4.60. The molecule has 0 heterocycles. The fourth-order valence-electron chi connectivity index (χ4n) is 1.99. The molecular weight excluding hydrogens is 326 g/mol. The lowest BCUT2D eigenvalue weighted by molar-refractivity contribution is 0.349. The van der Waals surface area contributed by atoms with Crippen LogP contribution in [-0.2, 0) is 0 Å². The largest absolute Gasteiger partial charge is 0.496 e. The topological polar surface area (TPSA) is 64.1 Å². The van der Waals surface area contributed by atoms with Gasteiger partial charge in [0.15, 0.2) is 16.6 Å². The van der Waals surface area contributed by atoms with E-state index in [1.54, 1.807) is 39.7 Å². The van der Waals surface area contributed by atoms with E-state index in [1.165, 1.54) is 0 Å². The molecule has 0 saturated heterocycles. The SMILES string of the molecule is COc1cc(OC)c(OC)cc1C=NNC(=S)Nc1ccccc1. The standard InChI is InChI=1S/C17H19N3O3S/c1-21-14-10-16(23-3)15(22-2)9-12(14)11-18-20-17(24)19-13-7-5-4-6-8-13/h4-11H,1-3H3,(H2,19,20,24). The lowest BCUT2D eigenvalue weighted by Gasteiger charge is -2.12. The Bertz CT molecular complexity index is 721. The van der Waals surface area contributed by atoms with E-state index in [2.05, 4.69) is 15.8 Å². The third-order valence-corrected chi connectivity index (χ3v) is 3.33. The molecule has 126 valence electrons. The van der Waals surface area contributed by atoms with Crippen molar-refractivity contribution in [1.29, 1.82) is 0 Å². The normalized spacial score (nSPS) is 10.3. The molecular formula is C17H19N3O3S. The molecule has 24 heavy (non-hydrogen) atoms. The molecule has 0 radical (unpaired) electrons. The summed E-state index contributed by atoms with van der Waals surface area (Å²) in [6.07, 6.45) is 1.60. The fraction of sp³-hybridized carbons (Fsp3) is 0.176. The molecule has 0 aromatic heterocycles. The molecule has 0 aliphatic carbocycles. The van der Waals surface area contributed by atoms with Crippen molar-refractivity contribution < 1.29 is 14.2 Å². The van der Waals surface area contributed by atoms with Gasteiger partial charge in [-0.15, -0.1) is 0 Å². The van der Waals surface area contributed by atoms with Crippen molar-refractivity contribution in [3.05, 3.63) is 48.0 Å². The molecule has 7 heteroatoms. The van der Waals surface area contributed by atoms with Crippen molar-refractivity contribution in [3.63, 3.8) is 0 Å². The molecule has 0 amide bonds. The van der Waals surface area contributed by atoms with Gasteiger partial charge in [0.25, 0.3) is 0 Å². The van der Waals surface area contributed by atoms with Crippen LogP contribution in [0.25, 0.3) is 0 Å². The number of nitrogens with zero attached hydrogens (tertiary/aromatic N) is 1. The number of anilines is 1. The maximum absolute atomic E-state index is 5.34. The van der Waals surface area contributed by atoms with Gasteiger partial charge >= 0.3 is 0 Å². The molecule has 2 rings (SSSR count). The number of benzene rings is 2. The first-order valence-corrected chi connectivity index (χ1v) is 7.54. The molecule has 0 aliphatic rings. The summed E-state index contributed by atoms with van der Waals surface area (Å²) in [6, 6.07) is 13.1. The zero-order valence-electron chi connectivity index (χ0n) is 13.7. The molecule has 0 bridgehead atoms. The smallest absolute Gasteiger partial charge is 0.191 e. The average Bonchev–Trinajstić information content (AvgIpc) is 2.62. The highest BCUT2D eigenvalue weighted by atomic mass is 32.1. The molecule has 0 saturated carbocycles. The number of methoxy groups -OCH3 is 3. The molecule has 0 unspecified atom stereocenters. The Balaban J connectivity index is 2.06. The second-order valence-electron chi connectivity index (χ2n) is 4.64. The number of ether oxygens (including phenoxy) is 3. The van der Waals surface area contributed by atoms with E-state index in [0.29, 0.717) is 22.4 Å². The van der Waals surface area contributed by atoms with Gasteiger partial charge in [0, 0.05) is 17.3 Å². The number of hydrazone groups is 1. The summed E-state index contributed by atoms with van der Waals surface area (Å²) in [5.74, 6) is 1.78. The van der Waals surface area contributed by atoms with Crippen LogP contribution in [-0.4, -0.2) is 32.7 Å². The molecule has 0 fully saturated rings. The highest BCUT2D eigenvalue weighted by Gasteiger charge is 2.10. The summed E-state index contributed by atoms with van der Waals surface area (Å²) in [6.45, 7) is 0. The van der Waals surface area contributed by atoms with E-state index in [-0.39, 0.29) is 0 Å². The highest BCUT2D eigenvalue weighted by Crippen LogP contribution is 2.33. The summed E-state index contributed by atoms with van der Waals surface area (Å²) in [5.41, 5.74) is 4.37. The number of rotatable bonds is 6. The molecule has 0 spiro atoms. The Labute approximate surface area is 146 Å². The van der Waals surface area contributed by atoms with Gasteiger partial charge in [-0.05, 0) is 30.4 Å². The summed E-state index contributed by atoms with van der Waals surface area (Å²) in [4.78, 5) is 0. The van der Waals surface area contributed by atoms with Crippen LogP contribution >= 0.6 is 12.2 Å². The van der Waals surface area contributed by atoms with E-state index in [4.69, 9.17) is 26.4 Å². The number of thiocarbonyl (C=S) groups is 1. The van der Waals surface area contributed by atoms with Gasteiger partial charge < -0.3 is 19.5 Å². The van der Waals surface area contributed by atoms with Gasteiger partial charge in [0.05, 0.1) is 27.5 Å². The van der Waals surface area contributed by atoms with Crippen LogP contribution in [0.4, 0.5) is 5.69 Å². The van der Waals surface area contributed by atoms with E-state index in [9.17, 15) is 0 Å². The Kier molecular flexibility index (Phi) is 6.39. The first-order chi connectivity index (χ1) is 11.7. The number of nitrogens with one attached hydrogen (secondary N) is 2. The van der Waals surface area contributed by atoms with Crippen LogP contribution in [0.1, 0.15) is 5.56 Å². The molecule has 2 aromatic rings. The summed E-state index contributed by atoms with van der Waals surface area (Å²) in [5, 5.41) is 7.54. The van der Waals surface area contributed by atoms with Gasteiger partial charge in [0.1, 0.15) is 5.75 Å². The summed E-state index contributed by atoms with van der Waals surface area (Å²) >= 11 is 5.19. The Morgan fingerprint density at radius 3 is 2.21 bits per heavy atom. The molecule has 2 N–H and O–H groups in total. The van der Waals surface area contributed by atoms with Crippen molar-refractivity contribution in [1.82, 2.24) is 5.43 Å². The van der Waals surface area contributed by atoms with Gasteiger partial charge in [-0.2, -0.15) is 5.10 Å². The minimum absolute atomic E-state index is 0.386. The van der Waals surface area contributed by atoms with Crippen LogP contribution in [0, 0.1) is 0 Å². The Morgan fingerprint density at radius 1 is 0.958 bits per heavy atom. The number of hydrogen-bond acceptors (Lipinski definition) is 5. The molecule has 0 aliphatic heterocycles. The van der Waals surface area contributed by atoms with E-state index < -0.39 is 0 Å². The minimum Gasteiger partial charge on any atom is -0.496 e.